The van der Waals surface area contributed by atoms with Crippen LogP contribution in [-0.2, 0) is 6.61 Å². The molecule has 0 aliphatic rings. The molecule has 6 nitrogen and oxygen atoms in total. The number of para-hydroxylation sites is 1. The highest BCUT2D eigenvalue weighted by Crippen LogP contribution is 2.20. The molecule has 24 heavy (non-hydrogen) atoms. The Morgan fingerprint density at radius 3 is 2.62 bits per heavy atom. The number of rotatable bonds is 6. The maximum absolute atomic E-state index is 9.54. The van der Waals surface area contributed by atoms with Crippen LogP contribution >= 0.6 is 0 Å². The summed E-state index contributed by atoms with van der Waals surface area (Å²) in [7, 11) is 0. The molecule has 120 valence electrons. The van der Waals surface area contributed by atoms with Crippen LogP contribution in [0.5, 0.6) is 0 Å². The molecule has 0 atom stereocenters. The van der Waals surface area contributed by atoms with Gasteiger partial charge in [-0.05, 0) is 24.3 Å². The highest BCUT2D eigenvalue weighted by Gasteiger charge is 2.06. The minimum atomic E-state index is -0.0770. The fourth-order valence-electron chi connectivity index (χ4n) is 2.43. The van der Waals surface area contributed by atoms with Gasteiger partial charge in [0, 0.05) is 30.2 Å². The van der Waals surface area contributed by atoms with E-state index in [0.717, 1.165) is 16.5 Å². The predicted molar refractivity (Wildman–Crippen MR) is 93.6 cm³/mol. The summed E-state index contributed by atoms with van der Waals surface area (Å²) in [6, 6.07) is 15.3. The van der Waals surface area contributed by atoms with Gasteiger partial charge in [0.05, 0.1) is 17.7 Å². The molecule has 0 unspecified atom stereocenters. The summed E-state index contributed by atoms with van der Waals surface area (Å²) in [4.78, 5) is 8.71. The number of nitriles is 1. The van der Waals surface area contributed by atoms with Gasteiger partial charge in [-0.3, -0.25) is 0 Å². The van der Waals surface area contributed by atoms with Crippen LogP contribution in [0.4, 0.5) is 11.6 Å². The molecule has 0 amide bonds. The molecule has 3 N–H and O–H groups in total. The van der Waals surface area contributed by atoms with Gasteiger partial charge in [0.2, 0.25) is 0 Å². The van der Waals surface area contributed by atoms with Gasteiger partial charge in [0.25, 0.3) is 0 Å². The lowest BCUT2D eigenvalue weighted by atomic mass is 10.1. The average molecular weight is 319 g/mol. The van der Waals surface area contributed by atoms with Crippen LogP contribution < -0.4 is 10.6 Å². The Labute approximate surface area is 139 Å². The largest absolute Gasteiger partial charge is 0.392 e. The first-order chi connectivity index (χ1) is 11.8. The molecule has 3 rings (SSSR count). The zero-order valence-electron chi connectivity index (χ0n) is 13.0. The van der Waals surface area contributed by atoms with Crippen molar-refractivity contribution in [3.8, 4) is 6.07 Å². The highest BCUT2D eigenvalue weighted by atomic mass is 16.3. The van der Waals surface area contributed by atoms with Crippen molar-refractivity contribution < 1.29 is 5.11 Å². The Morgan fingerprint density at radius 2 is 1.83 bits per heavy atom. The standard InChI is InChI=1S/C18H17N5O/c19-11-14-5-3-7-20-17(14)21-8-9-22-18-15(12-24)10-13-4-1-2-6-16(13)23-18/h1-7,10,24H,8-9,12H2,(H,20,21)(H,22,23). The number of nitrogens with one attached hydrogen (secondary N) is 2. The second kappa shape index (κ2) is 7.40. The fraction of sp³-hybridized carbons (Fsp3) is 0.167. The van der Waals surface area contributed by atoms with Gasteiger partial charge in [0.15, 0.2) is 0 Å². The zero-order chi connectivity index (χ0) is 16.8. The summed E-state index contributed by atoms with van der Waals surface area (Å²) in [5.41, 5.74) is 2.14. The third kappa shape index (κ3) is 3.42. The predicted octanol–water partition coefficient (Wildman–Crippen LogP) is 2.52. The van der Waals surface area contributed by atoms with Crippen LogP contribution in [0.2, 0.25) is 0 Å². The molecule has 0 aliphatic heterocycles. The van der Waals surface area contributed by atoms with Gasteiger partial charge >= 0.3 is 0 Å². The Hall–Kier alpha value is -3.17. The molecular formula is C18H17N5O. The van der Waals surface area contributed by atoms with E-state index < -0.39 is 0 Å². The minimum absolute atomic E-state index is 0.0770. The second-order valence-corrected chi connectivity index (χ2v) is 5.21. The third-order valence-corrected chi connectivity index (χ3v) is 3.61. The first-order valence-corrected chi connectivity index (χ1v) is 7.64. The van der Waals surface area contributed by atoms with Crippen molar-refractivity contribution in [2.45, 2.75) is 6.61 Å². The number of aromatic nitrogens is 2. The summed E-state index contributed by atoms with van der Waals surface area (Å²) in [5, 5.41) is 25.9. The van der Waals surface area contributed by atoms with Crippen LogP contribution in [0.3, 0.4) is 0 Å². The SMILES string of the molecule is N#Cc1cccnc1NCCNc1nc2ccccc2cc1CO. The molecule has 0 radical (unpaired) electrons. The van der Waals surface area contributed by atoms with Crippen LogP contribution in [0.25, 0.3) is 10.9 Å². The third-order valence-electron chi connectivity index (χ3n) is 3.61. The van der Waals surface area contributed by atoms with Gasteiger partial charge in [-0.25, -0.2) is 9.97 Å². The summed E-state index contributed by atoms with van der Waals surface area (Å²) in [5.74, 6) is 1.23. The number of hydrogen-bond acceptors (Lipinski definition) is 6. The van der Waals surface area contributed by atoms with E-state index in [9.17, 15) is 5.11 Å². The van der Waals surface area contributed by atoms with Crippen LogP contribution in [0, 0.1) is 11.3 Å². The van der Waals surface area contributed by atoms with Crippen molar-refractivity contribution in [1.82, 2.24) is 9.97 Å². The van der Waals surface area contributed by atoms with Gasteiger partial charge in [-0.15, -0.1) is 0 Å². The lowest BCUT2D eigenvalue weighted by Gasteiger charge is -2.12. The number of aliphatic hydroxyl groups excluding tert-OH is 1. The van der Waals surface area contributed by atoms with Crippen molar-refractivity contribution in [1.29, 1.82) is 5.26 Å². The number of nitrogens with zero attached hydrogens (tertiary/aromatic N) is 3. The molecule has 0 saturated carbocycles. The van der Waals surface area contributed by atoms with Crippen molar-refractivity contribution in [2.75, 3.05) is 23.7 Å². The van der Waals surface area contributed by atoms with E-state index in [1.165, 1.54) is 0 Å². The second-order valence-electron chi connectivity index (χ2n) is 5.21. The van der Waals surface area contributed by atoms with Crippen LogP contribution in [0.15, 0.2) is 48.7 Å². The Kier molecular flexibility index (Phi) is 4.84. The normalized spacial score (nSPS) is 10.3. The smallest absolute Gasteiger partial charge is 0.143 e. The Balaban J connectivity index is 1.66. The van der Waals surface area contributed by atoms with E-state index >= 15 is 0 Å². The molecule has 2 aromatic heterocycles. The molecule has 0 bridgehead atoms. The fourth-order valence-corrected chi connectivity index (χ4v) is 2.43. The lowest BCUT2D eigenvalue weighted by molar-refractivity contribution is 0.282. The van der Waals surface area contributed by atoms with E-state index in [1.54, 1.807) is 18.3 Å². The van der Waals surface area contributed by atoms with Gasteiger partial charge in [-0.1, -0.05) is 18.2 Å². The topological polar surface area (TPSA) is 93.9 Å². The van der Waals surface area contributed by atoms with E-state index in [-0.39, 0.29) is 6.61 Å². The molecule has 3 aromatic rings. The van der Waals surface area contributed by atoms with Crippen molar-refractivity contribution in [3.63, 3.8) is 0 Å². The first-order valence-electron chi connectivity index (χ1n) is 7.64. The van der Waals surface area contributed by atoms with Gasteiger partial charge < -0.3 is 15.7 Å². The monoisotopic (exact) mass is 319 g/mol. The van der Waals surface area contributed by atoms with Crippen LogP contribution in [0.1, 0.15) is 11.1 Å². The number of aliphatic hydroxyl groups is 1. The van der Waals surface area contributed by atoms with Crippen LogP contribution in [-0.4, -0.2) is 28.2 Å². The molecule has 1 aromatic carbocycles. The Bertz CT molecular complexity index is 888. The van der Waals surface area contributed by atoms with Gasteiger partial charge in [0.1, 0.15) is 17.7 Å². The molecule has 0 spiro atoms. The van der Waals surface area contributed by atoms with Crippen molar-refractivity contribution >= 4 is 22.5 Å². The molecule has 2 heterocycles. The number of pyridine rings is 2. The van der Waals surface area contributed by atoms with E-state index in [4.69, 9.17) is 5.26 Å². The van der Waals surface area contributed by atoms with Gasteiger partial charge in [-0.2, -0.15) is 5.26 Å². The summed E-state index contributed by atoms with van der Waals surface area (Å²) in [6.45, 7) is 1.08. The summed E-state index contributed by atoms with van der Waals surface area (Å²) >= 11 is 0. The number of hydrogen-bond donors (Lipinski definition) is 3. The van der Waals surface area contributed by atoms with E-state index in [0.29, 0.717) is 30.3 Å². The maximum Gasteiger partial charge on any atom is 0.143 e. The minimum Gasteiger partial charge on any atom is -0.392 e. The van der Waals surface area contributed by atoms with E-state index in [2.05, 4.69) is 26.7 Å². The summed E-state index contributed by atoms with van der Waals surface area (Å²) in [6.07, 6.45) is 1.64. The van der Waals surface area contributed by atoms with Crippen molar-refractivity contribution in [2.24, 2.45) is 0 Å². The van der Waals surface area contributed by atoms with E-state index in [1.807, 2.05) is 30.3 Å². The summed E-state index contributed by atoms with van der Waals surface area (Å²) < 4.78 is 0. The molecule has 0 saturated heterocycles. The zero-order valence-corrected chi connectivity index (χ0v) is 13.0. The Morgan fingerprint density at radius 1 is 1.04 bits per heavy atom. The average Bonchev–Trinajstić information content (AvgIpc) is 2.64. The quantitative estimate of drug-likeness (QED) is 0.604. The number of anilines is 2. The molecule has 6 heteroatoms. The maximum atomic E-state index is 9.54. The number of fused-ring (bicyclic) bond motifs is 1. The lowest BCUT2D eigenvalue weighted by Crippen LogP contribution is -2.16. The highest BCUT2D eigenvalue weighted by molar-refractivity contribution is 5.81. The molecule has 0 fully saturated rings. The van der Waals surface area contributed by atoms with Crippen molar-refractivity contribution in [3.05, 3.63) is 59.8 Å². The first kappa shape index (κ1) is 15.7. The molecule has 0 aliphatic carbocycles. The number of benzene rings is 1. The molecular weight excluding hydrogens is 302 g/mol.